The fourth-order valence-electron chi connectivity index (χ4n) is 2.63. The number of aryl methyl sites for hydroxylation is 1. The van der Waals surface area contributed by atoms with Gasteiger partial charge in [0.15, 0.2) is 11.5 Å². The summed E-state index contributed by atoms with van der Waals surface area (Å²) >= 11 is 0. The molecule has 0 aliphatic heterocycles. The summed E-state index contributed by atoms with van der Waals surface area (Å²) < 4.78 is 32.5. The molecule has 0 aliphatic rings. The Labute approximate surface area is 172 Å². The predicted octanol–water partition coefficient (Wildman–Crippen LogP) is 4.07. The van der Waals surface area contributed by atoms with Gasteiger partial charge in [-0.15, -0.1) is 0 Å². The summed E-state index contributed by atoms with van der Waals surface area (Å²) in [5, 5.41) is 14.6. The Morgan fingerprint density at radius 3 is 2.30 bits per heavy atom. The van der Waals surface area contributed by atoms with Crippen LogP contribution in [0, 0.1) is 17.0 Å². The summed E-state index contributed by atoms with van der Waals surface area (Å²) in [6.45, 7) is 2.90. The van der Waals surface area contributed by atoms with Gasteiger partial charge in [0.25, 0.3) is 10.0 Å². The lowest BCUT2D eigenvalue weighted by Crippen LogP contribution is -2.12. The molecule has 3 rings (SSSR count). The van der Waals surface area contributed by atoms with Crippen LogP contribution in [-0.2, 0) is 10.0 Å². The van der Waals surface area contributed by atoms with E-state index < -0.39 is 14.9 Å². The third-order valence-corrected chi connectivity index (χ3v) is 5.60. The Hall–Kier alpha value is -3.79. The molecule has 0 unspecified atom stereocenters. The molecule has 0 radical (unpaired) electrons. The first-order chi connectivity index (χ1) is 14.2. The Morgan fingerprint density at radius 2 is 1.73 bits per heavy atom. The zero-order valence-corrected chi connectivity index (χ0v) is 16.8. The lowest BCUT2D eigenvalue weighted by atomic mass is 10.1. The van der Waals surface area contributed by atoms with Gasteiger partial charge in [0.1, 0.15) is 0 Å². The average Bonchev–Trinajstić information content (AvgIpc) is 3.07. The number of benzene rings is 2. The van der Waals surface area contributed by atoms with Gasteiger partial charge in [-0.1, -0.05) is 23.4 Å². The highest BCUT2D eigenvalue weighted by Crippen LogP contribution is 2.25. The van der Waals surface area contributed by atoms with Crippen molar-refractivity contribution in [1.82, 2.24) is 5.16 Å². The van der Waals surface area contributed by atoms with E-state index in [-0.39, 0.29) is 27.8 Å². The molecular weight excluding hydrogens is 410 g/mol. The van der Waals surface area contributed by atoms with Crippen LogP contribution in [-0.4, -0.2) is 24.3 Å². The summed E-state index contributed by atoms with van der Waals surface area (Å²) in [5.74, 6) is -0.108. The third-order valence-electron chi connectivity index (χ3n) is 4.20. The van der Waals surface area contributed by atoms with Crippen LogP contribution in [0.25, 0.3) is 12.2 Å². The van der Waals surface area contributed by atoms with Crippen LogP contribution in [0.5, 0.6) is 0 Å². The third kappa shape index (κ3) is 4.61. The average molecular weight is 427 g/mol. The number of carbonyl (C=O) groups excluding carboxylic acids is 1. The van der Waals surface area contributed by atoms with Gasteiger partial charge in [-0.3, -0.25) is 19.6 Å². The molecule has 0 aliphatic carbocycles. The van der Waals surface area contributed by atoms with Gasteiger partial charge in [-0.2, -0.15) is 0 Å². The van der Waals surface area contributed by atoms with Gasteiger partial charge in [0.2, 0.25) is 5.76 Å². The minimum atomic E-state index is -3.82. The second kappa shape index (κ2) is 8.29. The molecule has 0 spiro atoms. The lowest BCUT2D eigenvalue weighted by molar-refractivity contribution is -0.386. The number of carbonyl (C=O) groups is 1. The van der Waals surface area contributed by atoms with Gasteiger partial charge >= 0.3 is 5.69 Å². The molecule has 0 amide bonds. The monoisotopic (exact) mass is 427 g/mol. The van der Waals surface area contributed by atoms with E-state index in [2.05, 4.69) is 9.88 Å². The quantitative estimate of drug-likeness (QED) is 0.341. The number of rotatable bonds is 7. The van der Waals surface area contributed by atoms with Crippen molar-refractivity contribution in [2.45, 2.75) is 18.7 Å². The van der Waals surface area contributed by atoms with Crippen LogP contribution >= 0.6 is 0 Å². The zero-order valence-electron chi connectivity index (χ0n) is 16.0. The number of nitrogens with zero attached hydrogens (tertiary/aromatic N) is 2. The first-order valence-electron chi connectivity index (χ1n) is 8.70. The molecule has 1 N–H and O–H groups in total. The highest BCUT2D eigenvalue weighted by Gasteiger charge is 2.22. The zero-order chi connectivity index (χ0) is 21.9. The Bertz CT molecular complexity index is 1230. The van der Waals surface area contributed by atoms with Crippen molar-refractivity contribution in [2.75, 3.05) is 4.72 Å². The number of anilines is 1. The van der Waals surface area contributed by atoms with Crippen molar-refractivity contribution in [3.05, 3.63) is 81.2 Å². The van der Waals surface area contributed by atoms with Crippen LogP contribution in [0.4, 0.5) is 11.4 Å². The molecule has 0 fully saturated rings. The number of nitrogens with one attached hydrogen (secondary N) is 1. The molecule has 10 heteroatoms. The van der Waals surface area contributed by atoms with E-state index in [9.17, 15) is 23.3 Å². The highest BCUT2D eigenvalue weighted by atomic mass is 32.2. The van der Waals surface area contributed by atoms with Gasteiger partial charge in [-0.05, 0) is 61.9 Å². The minimum Gasteiger partial charge on any atom is -0.349 e. The number of hydrogen-bond acceptors (Lipinski definition) is 7. The van der Waals surface area contributed by atoms with Crippen molar-refractivity contribution in [3.8, 4) is 0 Å². The SMILES string of the molecule is CC(=O)c1ccc(NS(=O)(=O)c2ccc(/C=C/c3onc(C)c3[N+](=O)[O-])cc2)cc1. The van der Waals surface area contributed by atoms with E-state index in [4.69, 9.17) is 4.52 Å². The van der Waals surface area contributed by atoms with Crippen LogP contribution in [0.1, 0.15) is 34.3 Å². The van der Waals surface area contributed by atoms with Crippen LogP contribution in [0.3, 0.4) is 0 Å². The molecule has 1 heterocycles. The smallest absolute Gasteiger partial charge is 0.338 e. The van der Waals surface area contributed by atoms with E-state index in [1.807, 2.05) is 0 Å². The fraction of sp³-hybridized carbons (Fsp3) is 0.100. The van der Waals surface area contributed by atoms with Crippen molar-refractivity contribution in [3.63, 3.8) is 0 Å². The minimum absolute atomic E-state index is 0.00451. The number of sulfonamides is 1. The summed E-state index contributed by atoms with van der Waals surface area (Å²) in [4.78, 5) is 21.8. The Balaban J connectivity index is 1.76. The second-order valence-electron chi connectivity index (χ2n) is 6.38. The molecular formula is C20H17N3O6S. The molecule has 9 nitrogen and oxygen atoms in total. The molecule has 3 aromatic rings. The molecule has 30 heavy (non-hydrogen) atoms. The first kappa shape index (κ1) is 20.9. The lowest BCUT2D eigenvalue weighted by Gasteiger charge is -2.08. The van der Waals surface area contributed by atoms with Crippen molar-refractivity contribution in [1.29, 1.82) is 0 Å². The normalized spacial score (nSPS) is 11.5. The van der Waals surface area contributed by atoms with E-state index >= 15 is 0 Å². The Morgan fingerprint density at radius 1 is 1.10 bits per heavy atom. The van der Waals surface area contributed by atoms with Crippen LogP contribution in [0.2, 0.25) is 0 Å². The van der Waals surface area contributed by atoms with Crippen molar-refractivity contribution in [2.24, 2.45) is 0 Å². The van der Waals surface area contributed by atoms with Gasteiger partial charge < -0.3 is 4.52 Å². The van der Waals surface area contributed by atoms with E-state index in [1.165, 1.54) is 44.2 Å². The number of hydrogen-bond donors (Lipinski definition) is 1. The van der Waals surface area contributed by atoms with Crippen molar-refractivity contribution < 1.29 is 22.7 Å². The standard InChI is InChI=1S/C20H17N3O6S/c1-13-20(23(25)26)19(29-21-13)12-5-15-3-10-18(11-4-15)30(27,28)22-17-8-6-16(7-9-17)14(2)24/h3-12,22H,1-2H3/b12-5+. The van der Waals surface area contributed by atoms with E-state index in [0.29, 0.717) is 16.8 Å². The molecule has 0 saturated heterocycles. The number of nitro groups is 1. The molecule has 0 saturated carbocycles. The van der Waals surface area contributed by atoms with E-state index in [0.717, 1.165) is 0 Å². The molecule has 2 aromatic carbocycles. The van der Waals surface area contributed by atoms with Gasteiger partial charge in [-0.25, -0.2) is 8.42 Å². The molecule has 154 valence electrons. The first-order valence-corrected chi connectivity index (χ1v) is 10.2. The van der Waals surface area contributed by atoms with Crippen molar-refractivity contribution >= 4 is 39.3 Å². The van der Waals surface area contributed by atoms with Gasteiger partial charge in [0.05, 0.1) is 9.82 Å². The maximum Gasteiger partial charge on any atom is 0.338 e. The number of aromatic nitrogens is 1. The predicted molar refractivity (Wildman–Crippen MR) is 111 cm³/mol. The largest absolute Gasteiger partial charge is 0.349 e. The number of ketones is 1. The number of Topliss-reactive ketones (excluding diaryl/α,β-unsaturated/α-hetero) is 1. The Kier molecular flexibility index (Phi) is 5.79. The second-order valence-corrected chi connectivity index (χ2v) is 8.06. The molecule has 0 bridgehead atoms. The maximum absolute atomic E-state index is 12.5. The molecule has 0 atom stereocenters. The summed E-state index contributed by atoms with van der Waals surface area (Å²) in [6.07, 6.45) is 2.95. The fourth-order valence-corrected chi connectivity index (χ4v) is 3.69. The maximum atomic E-state index is 12.5. The molecule has 1 aromatic heterocycles. The van der Waals surface area contributed by atoms with Crippen LogP contribution in [0.15, 0.2) is 57.9 Å². The summed E-state index contributed by atoms with van der Waals surface area (Å²) in [6, 6.07) is 12.0. The summed E-state index contributed by atoms with van der Waals surface area (Å²) in [5.41, 5.74) is 1.38. The highest BCUT2D eigenvalue weighted by molar-refractivity contribution is 7.92. The van der Waals surface area contributed by atoms with E-state index in [1.54, 1.807) is 30.3 Å². The summed E-state index contributed by atoms with van der Waals surface area (Å²) in [7, 11) is -3.82. The van der Waals surface area contributed by atoms with Crippen LogP contribution < -0.4 is 4.72 Å². The topological polar surface area (TPSA) is 132 Å². The van der Waals surface area contributed by atoms with Gasteiger partial charge in [0, 0.05) is 11.3 Å².